The molecule has 108 valence electrons. The van der Waals surface area contributed by atoms with E-state index in [9.17, 15) is 14.9 Å². The molecule has 1 atom stereocenters. The van der Waals surface area contributed by atoms with E-state index in [1.165, 1.54) is 12.1 Å². The lowest BCUT2D eigenvalue weighted by molar-refractivity contribution is -0.384. The van der Waals surface area contributed by atoms with Crippen molar-refractivity contribution in [3.05, 3.63) is 39.9 Å². The van der Waals surface area contributed by atoms with Gasteiger partial charge in [-0.15, -0.1) is 0 Å². The lowest BCUT2D eigenvalue weighted by Crippen LogP contribution is -2.51. The number of nitro benzene ring substituents is 1. The average Bonchev–Trinajstić information content (AvgIpc) is 2.37. The number of nitrogens with zero attached hydrogens (tertiary/aromatic N) is 2. The molecule has 1 unspecified atom stereocenters. The van der Waals surface area contributed by atoms with Crippen LogP contribution in [0.2, 0.25) is 0 Å². The molecule has 1 heterocycles. The maximum atomic E-state index is 10.8. The highest BCUT2D eigenvalue weighted by atomic mass is 16.6. The van der Waals surface area contributed by atoms with Gasteiger partial charge in [0.25, 0.3) is 5.69 Å². The van der Waals surface area contributed by atoms with Crippen molar-refractivity contribution in [3.63, 3.8) is 0 Å². The smallest absolute Gasteiger partial charge is 0.306 e. The van der Waals surface area contributed by atoms with Crippen LogP contribution in [0.15, 0.2) is 24.3 Å². The molecule has 6 heteroatoms. The topological polar surface area (TPSA) is 83.7 Å². The highest BCUT2D eigenvalue weighted by molar-refractivity contribution is 5.70. The summed E-state index contributed by atoms with van der Waals surface area (Å²) in [6, 6.07) is 6.58. The number of non-ortho nitro benzene ring substituents is 1. The summed E-state index contributed by atoms with van der Waals surface area (Å²) < 4.78 is 0. The fourth-order valence-electron chi connectivity index (χ4n) is 2.38. The standard InChI is InChI=1S/C14H18N2O4/c1-10(14(17)18)12-8-15(9-12)7-6-11-2-4-13(5-3-11)16(19)20/h2-5,10,12H,6-9H2,1H3,(H,17,18). The van der Waals surface area contributed by atoms with Crippen molar-refractivity contribution in [3.8, 4) is 0 Å². The third-order valence-corrected chi connectivity index (χ3v) is 3.95. The van der Waals surface area contributed by atoms with E-state index in [-0.39, 0.29) is 17.5 Å². The molecular weight excluding hydrogens is 260 g/mol. The number of carbonyl (C=O) groups is 1. The van der Waals surface area contributed by atoms with Gasteiger partial charge in [0.05, 0.1) is 10.8 Å². The third-order valence-electron chi connectivity index (χ3n) is 3.95. The van der Waals surface area contributed by atoms with Gasteiger partial charge in [-0.2, -0.15) is 0 Å². The minimum absolute atomic E-state index is 0.105. The van der Waals surface area contributed by atoms with Crippen LogP contribution in [0.5, 0.6) is 0 Å². The second-order valence-corrected chi connectivity index (χ2v) is 5.32. The Kier molecular flexibility index (Phi) is 4.34. The summed E-state index contributed by atoms with van der Waals surface area (Å²) in [5.41, 5.74) is 1.17. The van der Waals surface area contributed by atoms with E-state index in [1.807, 2.05) is 0 Å². The average molecular weight is 278 g/mol. The summed E-state index contributed by atoms with van der Waals surface area (Å²) in [6.45, 7) is 4.25. The lowest BCUT2D eigenvalue weighted by Gasteiger charge is -2.41. The number of hydrogen-bond donors (Lipinski definition) is 1. The van der Waals surface area contributed by atoms with Crippen LogP contribution in [-0.2, 0) is 11.2 Å². The van der Waals surface area contributed by atoms with Crippen LogP contribution in [0.1, 0.15) is 12.5 Å². The van der Waals surface area contributed by atoms with Crippen LogP contribution in [0.4, 0.5) is 5.69 Å². The number of likely N-dealkylation sites (tertiary alicyclic amines) is 1. The Morgan fingerprint density at radius 2 is 2.05 bits per heavy atom. The van der Waals surface area contributed by atoms with Gasteiger partial charge in [0.2, 0.25) is 0 Å². The predicted molar refractivity (Wildman–Crippen MR) is 73.5 cm³/mol. The van der Waals surface area contributed by atoms with Crippen molar-refractivity contribution in [2.75, 3.05) is 19.6 Å². The number of aliphatic carboxylic acids is 1. The van der Waals surface area contributed by atoms with Crippen molar-refractivity contribution in [1.29, 1.82) is 0 Å². The van der Waals surface area contributed by atoms with Gasteiger partial charge in [0.1, 0.15) is 0 Å². The Morgan fingerprint density at radius 3 is 2.55 bits per heavy atom. The van der Waals surface area contributed by atoms with E-state index in [0.717, 1.165) is 31.6 Å². The molecule has 1 aliphatic heterocycles. The third kappa shape index (κ3) is 3.33. The van der Waals surface area contributed by atoms with Crippen molar-refractivity contribution in [2.24, 2.45) is 11.8 Å². The summed E-state index contributed by atoms with van der Waals surface area (Å²) in [6.07, 6.45) is 0.826. The summed E-state index contributed by atoms with van der Waals surface area (Å²) in [4.78, 5) is 23.2. The van der Waals surface area contributed by atoms with Gasteiger partial charge in [0, 0.05) is 31.8 Å². The van der Waals surface area contributed by atoms with Crippen LogP contribution in [-0.4, -0.2) is 40.5 Å². The van der Waals surface area contributed by atoms with Crippen LogP contribution in [0.25, 0.3) is 0 Å². The van der Waals surface area contributed by atoms with Crippen LogP contribution in [0.3, 0.4) is 0 Å². The molecule has 20 heavy (non-hydrogen) atoms. The van der Waals surface area contributed by atoms with Gasteiger partial charge >= 0.3 is 5.97 Å². The van der Waals surface area contributed by atoms with Crippen molar-refractivity contribution >= 4 is 11.7 Å². The molecule has 0 aromatic heterocycles. The minimum Gasteiger partial charge on any atom is -0.481 e. The van der Waals surface area contributed by atoms with Gasteiger partial charge < -0.3 is 10.0 Å². The van der Waals surface area contributed by atoms with Crippen molar-refractivity contribution < 1.29 is 14.8 Å². The number of rotatable bonds is 6. The molecule has 0 bridgehead atoms. The molecule has 0 aliphatic carbocycles. The number of carboxylic acids is 1. The molecule has 0 radical (unpaired) electrons. The van der Waals surface area contributed by atoms with Crippen LogP contribution in [0, 0.1) is 22.0 Å². The Bertz CT molecular complexity index is 494. The molecule has 1 aromatic rings. The fourth-order valence-corrected chi connectivity index (χ4v) is 2.38. The normalized spacial score (nSPS) is 17.4. The molecular formula is C14H18N2O4. The number of nitro groups is 1. The molecule has 1 saturated heterocycles. The minimum atomic E-state index is -0.731. The van der Waals surface area contributed by atoms with E-state index < -0.39 is 10.9 Å². The highest BCUT2D eigenvalue weighted by Gasteiger charge is 2.34. The molecule has 1 N–H and O–H groups in total. The Hall–Kier alpha value is -1.95. The molecule has 1 aromatic carbocycles. The second kappa shape index (κ2) is 6.00. The number of benzene rings is 1. The lowest BCUT2D eigenvalue weighted by atomic mass is 9.87. The zero-order valence-corrected chi connectivity index (χ0v) is 11.4. The first-order valence-electron chi connectivity index (χ1n) is 6.66. The zero-order chi connectivity index (χ0) is 14.7. The van der Waals surface area contributed by atoms with Gasteiger partial charge in [-0.3, -0.25) is 14.9 Å². The van der Waals surface area contributed by atoms with E-state index >= 15 is 0 Å². The van der Waals surface area contributed by atoms with E-state index in [0.29, 0.717) is 0 Å². The summed E-state index contributed by atoms with van der Waals surface area (Å²) >= 11 is 0. The first kappa shape index (κ1) is 14.5. The quantitative estimate of drug-likeness (QED) is 0.633. The van der Waals surface area contributed by atoms with E-state index in [4.69, 9.17) is 5.11 Å². The van der Waals surface area contributed by atoms with Gasteiger partial charge in [-0.25, -0.2) is 0 Å². The maximum Gasteiger partial charge on any atom is 0.306 e. The maximum absolute atomic E-state index is 10.8. The van der Waals surface area contributed by atoms with E-state index in [1.54, 1.807) is 19.1 Å². The van der Waals surface area contributed by atoms with E-state index in [2.05, 4.69) is 4.90 Å². The monoisotopic (exact) mass is 278 g/mol. The second-order valence-electron chi connectivity index (χ2n) is 5.32. The Balaban J connectivity index is 1.75. The summed E-state index contributed by atoms with van der Waals surface area (Å²) in [5.74, 6) is -0.778. The zero-order valence-electron chi connectivity index (χ0n) is 11.4. The Labute approximate surface area is 117 Å². The van der Waals surface area contributed by atoms with Crippen LogP contribution >= 0.6 is 0 Å². The summed E-state index contributed by atoms with van der Waals surface area (Å²) in [7, 11) is 0. The van der Waals surface area contributed by atoms with Crippen molar-refractivity contribution in [2.45, 2.75) is 13.3 Å². The predicted octanol–water partition coefficient (Wildman–Crippen LogP) is 1.79. The molecule has 1 fully saturated rings. The molecule has 1 aliphatic rings. The molecule has 0 amide bonds. The fraction of sp³-hybridized carbons (Fsp3) is 0.500. The molecule has 0 saturated carbocycles. The van der Waals surface area contributed by atoms with Gasteiger partial charge in [0.15, 0.2) is 0 Å². The van der Waals surface area contributed by atoms with Gasteiger partial charge in [-0.1, -0.05) is 19.1 Å². The first-order chi connectivity index (χ1) is 9.47. The van der Waals surface area contributed by atoms with Crippen molar-refractivity contribution in [1.82, 2.24) is 4.90 Å². The number of carboxylic acid groups (broad SMARTS) is 1. The Morgan fingerprint density at radius 1 is 1.45 bits per heavy atom. The van der Waals surface area contributed by atoms with Crippen LogP contribution < -0.4 is 0 Å². The SMILES string of the molecule is CC(C(=O)O)C1CN(CCc2ccc([N+](=O)[O-])cc2)C1. The summed E-state index contributed by atoms with van der Waals surface area (Å²) in [5, 5.41) is 19.4. The highest BCUT2D eigenvalue weighted by Crippen LogP contribution is 2.24. The molecule has 2 rings (SSSR count). The first-order valence-corrected chi connectivity index (χ1v) is 6.66. The molecule has 0 spiro atoms. The molecule has 6 nitrogen and oxygen atoms in total. The number of hydrogen-bond acceptors (Lipinski definition) is 4. The van der Waals surface area contributed by atoms with Gasteiger partial charge in [-0.05, 0) is 17.9 Å². The largest absolute Gasteiger partial charge is 0.481 e.